The van der Waals surface area contributed by atoms with Gasteiger partial charge in [0.25, 0.3) is 5.91 Å². The van der Waals surface area contributed by atoms with E-state index in [1.807, 2.05) is 19.1 Å². The highest BCUT2D eigenvalue weighted by Crippen LogP contribution is 2.18. The standard InChI is InChI=1S/C17H17BrFNO/c1-10-8-14(4-5-15(10)18)17(21)20-9-13-6-11(2)16(19)12(3)7-13/h4-8H,9H2,1-3H3,(H,20,21). The van der Waals surface area contributed by atoms with E-state index in [-0.39, 0.29) is 11.7 Å². The van der Waals surface area contributed by atoms with Gasteiger partial charge in [0.1, 0.15) is 5.82 Å². The third-order valence-corrected chi connectivity index (χ3v) is 4.26. The largest absolute Gasteiger partial charge is 0.348 e. The van der Waals surface area contributed by atoms with E-state index in [0.717, 1.165) is 15.6 Å². The van der Waals surface area contributed by atoms with Crippen LogP contribution in [0.5, 0.6) is 0 Å². The van der Waals surface area contributed by atoms with E-state index in [4.69, 9.17) is 0 Å². The Kier molecular flexibility index (Phi) is 4.78. The Morgan fingerprint density at radius 1 is 1.10 bits per heavy atom. The summed E-state index contributed by atoms with van der Waals surface area (Å²) >= 11 is 3.41. The zero-order chi connectivity index (χ0) is 15.6. The van der Waals surface area contributed by atoms with Gasteiger partial charge < -0.3 is 5.32 Å². The lowest BCUT2D eigenvalue weighted by Gasteiger charge is -2.09. The molecular formula is C17H17BrFNO. The first-order chi connectivity index (χ1) is 9.88. The molecule has 1 N–H and O–H groups in total. The monoisotopic (exact) mass is 349 g/mol. The first-order valence-corrected chi connectivity index (χ1v) is 7.47. The molecule has 21 heavy (non-hydrogen) atoms. The Bertz CT molecular complexity index is 674. The Hall–Kier alpha value is -1.68. The van der Waals surface area contributed by atoms with Gasteiger partial charge in [-0.15, -0.1) is 0 Å². The summed E-state index contributed by atoms with van der Waals surface area (Å²) in [5.41, 5.74) is 3.72. The Balaban J connectivity index is 2.09. The summed E-state index contributed by atoms with van der Waals surface area (Å²) in [4.78, 5) is 12.1. The SMILES string of the molecule is Cc1cc(C(=O)NCc2cc(C)c(F)c(C)c2)ccc1Br. The average Bonchev–Trinajstić information content (AvgIpc) is 2.44. The van der Waals surface area contributed by atoms with E-state index in [2.05, 4.69) is 21.2 Å². The molecule has 110 valence electrons. The summed E-state index contributed by atoms with van der Waals surface area (Å²) in [6, 6.07) is 8.98. The summed E-state index contributed by atoms with van der Waals surface area (Å²) in [5, 5.41) is 2.86. The normalized spacial score (nSPS) is 10.5. The fourth-order valence-corrected chi connectivity index (χ4v) is 2.45. The van der Waals surface area contributed by atoms with Crippen LogP contribution in [0, 0.1) is 26.6 Å². The van der Waals surface area contributed by atoms with Crippen molar-refractivity contribution in [2.75, 3.05) is 0 Å². The van der Waals surface area contributed by atoms with E-state index in [1.165, 1.54) is 0 Å². The van der Waals surface area contributed by atoms with Crippen molar-refractivity contribution in [2.24, 2.45) is 0 Å². The van der Waals surface area contributed by atoms with Crippen LogP contribution in [-0.2, 0) is 6.54 Å². The van der Waals surface area contributed by atoms with E-state index in [1.54, 1.807) is 32.0 Å². The summed E-state index contributed by atoms with van der Waals surface area (Å²) < 4.78 is 14.5. The Morgan fingerprint density at radius 2 is 1.71 bits per heavy atom. The molecule has 0 unspecified atom stereocenters. The molecule has 0 aliphatic heterocycles. The summed E-state index contributed by atoms with van der Waals surface area (Å²) in [7, 11) is 0. The number of benzene rings is 2. The van der Waals surface area contributed by atoms with E-state index >= 15 is 0 Å². The van der Waals surface area contributed by atoms with Gasteiger partial charge in [-0.2, -0.15) is 0 Å². The van der Waals surface area contributed by atoms with Crippen molar-refractivity contribution in [1.29, 1.82) is 0 Å². The minimum absolute atomic E-state index is 0.134. The molecule has 0 fully saturated rings. The number of hydrogen-bond acceptors (Lipinski definition) is 1. The predicted octanol–water partition coefficient (Wildman–Crippen LogP) is 4.44. The number of aryl methyl sites for hydroxylation is 3. The lowest BCUT2D eigenvalue weighted by Crippen LogP contribution is -2.23. The number of hydrogen-bond donors (Lipinski definition) is 1. The fraction of sp³-hybridized carbons (Fsp3) is 0.235. The van der Waals surface area contributed by atoms with Crippen LogP contribution >= 0.6 is 15.9 Å². The smallest absolute Gasteiger partial charge is 0.251 e. The van der Waals surface area contributed by atoms with Crippen molar-refractivity contribution in [3.05, 3.63) is 68.4 Å². The highest BCUT2D eigenvalue weighted by molar-refractivity contribution is 9.10. The summed E-state index contributed by atoms with van der Waals surface area (Å²) in [5.74, 6) is -0.321. The van der Waals surface area contributed by atoms with Crippen molar-refractivity contribution < 1.29 is 9.18 Å². The van der Waals surface area contributed by atoms with Gasteiger partial charge in [-0.1, -0.05) is 28.1 Å². The zero-order valence-corrected chi connectivity index (χ0v) is 13.8. The second kappa shape index (κ2) is 6.39. The highest BCUT2D eigenvalue weighted by Gasteiger charge is 2.08. The molecule has 0 saturated heterocycles. The van der Waals surface area contributed by atoms with Crippen LogP contribution in [0.1, 0.15) is 32.6 Å². The molecule has 0 saturated carbocycles. The average molecular weight is 350 g/mol. The van der Waals surface area contributed by atoms with Gasteiger partial charge in [-0.3, -0.25) is 4.79 Å². The molecule has 0 radical (unpaired) electrons. The summed E-state index contributed by atoms with van der Waals surface area (Å²) in [6.07, 6.45) is 0. The topological polar surface area (TPSA) is 29.1 Å². The number of carbonyl (C=O) groups excluding carboxylic acids is 1. The Labute approximate surface area is 132 Å². The number of carbonyl (C=O) groups is 1. The third kappa shape index (κ3) is 3.70. The van der Waals surface area contributed by atoms with Crippen LogP contribution < -0.4 is 5.32 Å². The maximum absolute atomic E-state index is 13.6. The van der Waals surface area contributed by atoms with Gasteiger partial charge in [-0.05, 0) is 61.2 Å². The molecule has 0 spiro atoms. The van der Waals surface area contributed by atoms with E-state index in [9.17, 15) is 9.18 Å². The van der Waals surface area contributed by atoms with Crippen molar-refractivity contribution in [2.45, 2.75) is 27.3 Å². The third-order valence-electron chi connectivity index (χ3n) is 3.37. The van der Waals surface area contributed by atoms with Crippen LogP contribution in [0.3, 0.4) is 0 Å². The van der Waals surface area contributed by atoms with Gasteiger partial charge in [0.15, 0.2) is 0 Å². The molecule has 0 aliphatic carbocycles. The van der Waals surface area contributed by atoms with Crippen LogP contribution in [-0.4, -0.2) is 5.91 Å². The number of rotatable bonds is 3. The van der Waals surface area contributed by atoms with Crippen molar-refractivity contribution in [3.8, 4) is 0 Å². The van der Waals surface area contributed by atoms with Crippen LogP contribution in [0.2, 0.25) is 0 Å². The lowest BCUT2D eigenvalue weighted by molar-refractivity contribution is 0.0951. The molecule has 0 heterocycles. The molecular weight excluding hydrogens is 333 g/mol. The molecule has 0 bridgehead atoms. The van der Waals surface area contributed by atoms with Crippen LogP contribution in [0.25, 0.3) is 0 Å². The van der Waals surface area contributed by atoms with Crippen molar-refractivity contribution in [3.63, 3.8) is 0 Å². The van der Waals surface area contributed by atoms with E-state index < -0.39 is 0 Å². The minimum atomic E-state index is -0.186. The first-order valence-electron chi connectivity index (χ1n) is 6.68. The quantitative estimate of drug-likeness (QED) is 0.871. The summed E-state index contributed by atoms with van der Waals surface area (Å²) in [6.45, 7) is 5.78. The number of amides is 1. The maximum atomic E-state index is 13.6. The van der Waals surface area contributed by atoms with Gasteiger partial charge in [0.2, 0.25) is 0 Å². The maximum Gasteiger partial charge on any atom is 0.251 e. The molecule has 2 aromatic rings. The fourth-order valence-electron chi connectivity index (χ4n) is 2.21. The predicted molar refractivity (Wildman–Crippen MR) is 85.9 cm³/mol. The molecule has 1 amide bonds. The number of nitrogens with one attached hydrogen (secondary N) is 1. The van der Waals surface area contributed by atoms with Crippen molar-refractivity contribution in [1.82, 2.24) is 5.32 Å². The van der Waals surface area contributed by atoms with Gasteiger partial charge >= 0.3 is 0 Å². The Morgan fingerprint density at radius 3 is 2.29 bits per heavy atom. The molecule has 0 aliphatic rings. The highest BCUT2D eigenvalue weighted by atomic mass is 79.9. The second-order valence-electron chi connectivity index (χ2n) is 5.19. The van der Waals surface area contributed by atoms with Crippen molar-refractivity contribution >= 4 is 21.8 Å². The van der Waals surface area contributed by atoms with E-state index in [0.29, 0.717) is 23.2 Å². The van der Waals surface area contributed by atoms with Gasteiger partial charge in [-0.25, -0.2) is 4.39 Å². The molecule has 2 rings (SSSR count). The number of halogens is 2. The van der Waals surface area contributed by atoms with Gasteiger partial charge in [0, 0.05) is 16.6 Å². The molecule has 0 aromatic heterocycles. The van der Waals surface area contributed by atoms with Crippen LogP contribution in [0.4, 0.5) is 4.39 Å². The molecule has 2 nitrogen and oxygen atoms in total. The minimum Gasteiger partial charge on any atom is -0.348 e. The first kappa shape index (κ1) is 15.7. The molecule has 0 atom stereocenters. The second-order valence-corrected chi connectivity index (χ2v) is 6.04. The van der Waals surface area contributed by atoms with Crippen LogP contribution in [0.15, 0.2) is 34.8 Å². The molecule has 2 aromatic carbocycles. The lowest BCUT2D eigenvalue weighted by atomic mass is 10.1. The van der Waals surface area contributed by atoms with Gasteiger partial charge in [0.05, 0.1) is 0 Å². The molecule has 4 heteroatoms. The zero-order valence-electron chi connectivity index (χ0n) is 12.3.